The number of nitrogens with one attached hydrogen (secondary N) is 1. The van der Waals surface area contributed by atoms with Crippen molar-refractivity contribution in [2.45, 2.75) is 0 Å². The molecule has 0 unspecified atom stereocenters. The molecule has 0 aliphatic carbocycles. The number of aromatic amines is 1. The number of rotatable bonds is 2. The third-order valence-corrected chi connectivity index (χ3v) is 2.48. The quantitative estimate of drug-likeness (QED) is 0.820. The first-order valence-corrected chi connectivity index (χ1v) is 4.92. The lowest BCUT2D eigenvalue weighted by atomic mass is 10.2. The van der Waals surface area contributed by atoms with Gasteiger partial charge in [-0.05, 0) is 18.2 Å². The highest BCUT2D eigenvalue weighted by Crippen LogP contribution is 2.28. The van der Waals surface area contributed by atoms with Gasteiger partial charge in [0.2, 0.25) is 0 Å². The predicted octanol–water partition coefficient (Wildman–Crippen LogP) is 3.20. The minimum Gasteiger partial charge on any atom is -0.336 e. The molecule has 0 aliphatic rings. The van der Waals surface area contributed by atoms with Gasteiger partial charge in [0.15, 0.2) is 12.1 Å². The Hall–Kier alpha value is -1.32. The normalized spacial score (nSPS) is 10.3. The summed E-state index contributed by atoms with van der Waals surface area (Å²) in [6, 6.07) is 5.14. The van der Waals surface area contributed by atoms with Crippen molar-refractivity contribution in [3.05, 3.63) is 40.3 Å². The number of hydrogen-bond donors (Lipinski definition) is 1. The Balaban J connectivity index is 2.49. The Labute approximate surface area is 96.1 Å². The lowest BCUT2D eigenvalue weighted by molar-refractivity contribution is 0.111. The number of nitrogens with zero attached hydrogens (tertiary/aromatic N) is 1. The second-order valence-electron chi connectivity index (χ2n) is 2.92. The van der Waals surface area contributed by atoms with Gasteiger partial charge in [-0.2, -0.15) is 0 Å². The maximum absolute atomic E-state index is 10.4. The van der Waals surface area contributed by atoms with Gasteiger partial charge in [-0.3, -0.25) is 4.79 Å². The second kappa shape index (κ2) is 4.04. The van der Waals surface area contributed by atoms with Crippen LogP contribution in [0.2, 0.25) is 10.0 Å². The highest BCUT2D eigenvalue weighted by Gasteiger charge is 2.06. The number of H-pyrrole nitrogens is 1. The Kier molecular flexibility index (Phi) is 2.75. The fourth-order valence-corrected chi connectivity index (χ4v) is 1.75. The molecule has 0 fully saturated rings. The van der Waals surface area contributed by atoms with Crippen molar-refractivity contribution in [1.82, 2.24) is 9.97 Å². The van der Waals surface area contributed by atoms with Crippen LogP contribution in [0, 0.1) is 0 Å². The number of halogens is 2. The number of hydrogen-bond acceptors (Lipinski definition) is 2. The summed E-state index contributed by atoms with van der Waals surface area (Å²) in [4.78, 5) is 17.1. The predicted molar refractivity (Wildman–Crippen MR) is 59.4 cm³/mol. The van der Waals surface area contributed by atoms with Gasteiger partial charge in [-0.15, -0.1) is 0 Å². The van der Waals surface area contributed by atoms with Crippen LogP contribution >= 0.6 is 23.2 Å². The number of benzene rings is 1. The van der Waals surface area contributed by atoms with Crippen molar-refractivity contribution in [1.29, 1.82) is 0 Å². The summed E-state index contributed by atoms with van der Waals surface area (Å²) in [6.45, 7) is 0. The Morgan fingerprint density at radius 1 is 1.33 bits per heavy atom. The van der Waals surface area contributed by atoms with E-state index in [9.17, 15) is 4.79 Å². The van der Waals surface area contributed by atoms with Crippen molar-refractivity contribution in [2.75, 3.05) is 0 Å². The zero-order chi connectivity index (χ0) is 10.8. The average molecular weight is 241 g/mol. The minimum absolute atomic E-state index is 0.274. The first kappa shape index (κ1) is 10.2. The summed E-state index contributed by atoms with van der Waals surface area (Å²) in [5.74, 6) is 0.274. The standard InChI is InChI=1S/C10H6Cl2N2O/c11-6-1-2-7(8(12)3-6)9-4-13-10(5-15)14-9/h1-5H,(H,13,14). The van der Waals surface area contributed by atoms with Crippen LogP contribution in [0.1, 0.15) is 10.6 Å². The molecule has 0 radical (unpaired) electrons. The maximum Gasteiger partial charge on any atom is 0.185 e. The van der Waals surface area contributed by atoms with Crippen molar-refractivity contribution in [2.24, 2.45) is 0 Å². The minimum atomic E-state index is 0.274. The number of aldehydes is 1. The molecule has 5 heteroatoms. The Morgan fingerprint density at radius 2 is 2.13 bits per heavy atom. The van der Waals surface area contributed by atoms with Gasteiger partial charge in [0.25, 0.3) is 0 Å². The fourth-order valence-electron chi connectivity index (χ4n) is 1.24. The van der Waals surface area contributed by atoms with Gasteiger partial charge in [0, 0.05) is 10.6 Å². The van der Waals surface area contributed by atoms with Gasteiger partial charge in [-0.1, -0.05) is 23.2 Å². The van der Waals surface area contributed by atoms with Crippen molar-refractivity contribution in [3.63, 3.8) is 0 Å². The topological polar surface area (TPSA) is 45.8 Å². The monoisotopic (exact) mass is 240 g/mol. The van der Waals surface area contributed by atoms with Crippen LogP contribution in [0.3, 0.4) is 0 Å². The molecule has 1 N–H and O–H groups in total. The molecule has 1 aromatic heterocycles. The van der Waals surface area contributed by atoms with Crippen LogP contribution < -0.4 is 0 Å². The van der Waals surface area contributed by atoms with Gasteiger partial charge >= 0.3 is 0 Å². The van der Waals surface area contributed by atoms with Crippen LogP contribution in [0.25, 0.3) is 11.3 Å². The summed E-state index contributed by atoms with van der Waals surface area (Å²) in [7, 11) is 0. The third kappa shape index (κ3) is 2.03. The summed E-state index contributed by atoms with van der Waals surface area (Å²) in [6.07, 6.45) is 2.20. The zero-order valence-electron chi connectivity index (χ0n) is 7.50. The molecule has 0 bridgehead atoms. The van der Waals surface area contributed by atoms with Crippen LogP contribution in [0.4, 0.5) is 0 Å². The molecular formula is C10H6Cl2N2O. The van der Waals surface area contributed by atoms with Crippen LogP contribution in [-0.4, -0.2) is 16.3 Å². The fraction of sp³-hybridized carbons (Fsp3) is 0. The second-order valence-corrected chi connectivity index (χ2v) is 3.77. The van der Waals surface area contributed by atoms with Crippen molar-refractivity contribution in [3.8, 4) is 11.3 Å². The third-order valence-electron chi connectivity index (χ3n) is 1.93. The first-order valence-electron chi connectivity index (χ1n) is 4.16. The van der Waals surface area contributed by atoms with Crippen LogP contribution in [0.15, 0.2) is 24.4 Å². The molecule has 0 amide bonds. The highest BCUT2D eigenvalue weighted by atomic mass is 35.5. The molecule has 0 spiro atoms. The van der Waals surface area contributed by atoms with E-state index in [1.54, 1.807) is 24.4 Å². The molecule has 1 heterocycles. The smallest absolute Gasteiger partial charge is 0.185 e. The Bertz CT molecular complexity index is 508. The number of carbonyl (C=O) groups is 1. The van der Waals surface area contributed by atoms with E-state index >= 15 is 0 Å². The van der Waals surface area contributed by atoms with E-state index in [1.807, 2.05) is 0 Å². The van der Waals surface area contributed by atoms with E-state index in [4.69, 9.17) is 23.2 Å². The lowest BCUT2D eigenvalue weighted by Crippen LogP contribution is -1.83. The van der Waals surface area contributed by atoms with Gasteiger partial charge in [0.05, 0.1) is 16.9 Å². The largest absolute Gasteiger partial charge is 0.336 e. The van der Waals surface area contributed by atoms with Crippen LogP contribution in [-0.2, 0) is 0 Å². The maximum atomic E-state index is 10.4. The molecule has 2 rings (SSSR count). The van der Waals surface area contributed by atoms with E-state index < -0.39 is 0 Å². The molecule has 2 aromatic rings. The number of imidazole rings is 1. The molecule has 15 heavy (non-hydrogen) atoms. The summed E-state index contributed by atoms with van der Waals surface area (Å²) < 4.78 is 0. The molecule has 3 nitrogen and oxygen atoms in total. The van der Waals surface area contributed by atoms with E-state index in [2.05, 4.69) is 9.97 Å². The first-order chi connectivity index (χ1) is 7.20. The van der Waals surface area contributed by atoms with Gasteiger partial charge in [-0.25, -0.2) is 4.98 Å². The SMILES string of the molecule is O=Cc1ncc(-c2ccc(Cl)cc2Cl)[nH]1. The average Bonchev–Trinajstić information content (AvgIpc) is 2.66. The highest BCUT2D eigenvalue weighted by molar-refractivity contribution is 6.36. The van der Waals surface area contributed by atoms with Gasteiger partial charge < -0.3 is 4.98 Å². The van der Waals surface area contributed by atoms with E-state index in [0.29, 0.717) is 22.0 Å². The summed E-state index contributed by atoms with van der Waals surface area (Å²) >= 11 is 11.8. The van der Waals surface area contributed by atoms with Gasteiger partial charge in [0.1, 0.15) is 0 Å². The zero-order valence-corrected chi connectivity index (χ0v) is 9.01. The van der Waals surface area contributed by atoms with E-state index in [0.717, 1.165) is 5.56 Å². The molecule has 0 saturated carbocycles. The number of aromatic nitrogens is 2. The molecule has 0 saturated heterocycles. The lowest BCUT2D eigenvalue weighted by Gasteiger charge is -2.00. The molecule has 1 aromatic carbocycles. The molecule has 0 atom stereocenters. The van der Waals surface area contributed by atoms with E-state index in [-0.39, 0.29) is 5.82 Å². The molecule has 0 aliphatic heterocycles. The summed E-state index contributed by atoms with van der Waals surface area (Å²) in [5, 5.41) is 1.09. The van der Waals surface area contributed by atoms with Crippen LogP contribution in [0.5, 0.6) is 0 Å². The van der Waals surface area contributed by atoms with E-state index in [1.165, 1.54) is 0 Å². The Morgan fingerprint density at radius 3 is 2.73 bits per heavy atom. The van der Waals surface area contributed by atoms with Crippen molar-refractivity contribution < 1.29 is 4.79 Å². The molecule has 76 valence electrons. The van der Waals surface area contributed by atoms with Crippen molar-refractivity contribution >= 4 is 29.5 Å². The number of carbonyl (C=O) groups excluding carboxylic acids is 1. The summed E-state index contributed by atoms with van der Waals surface area (Å²) in [5.41, 5.74) is 1.46. The molecular weight excluding hydrogens is 235 g/mol.